The van der Waals surface area contributed by atoms with Crippen LogP contribution in [0.4, 0.5) is 0 Å². The quantitative estimate of drug-likeness (QED) is 0.0675. The third-order valence-corrected chi connectivity index (χ3v) is 21.9. The van der Waals surface area contributed by atoms with E-state index >= 15 is 0 Å². The molecule has 2 saturated carbocycles. The molecule has 0 aliphatic heterocycles. The Morgan fingerprint density at radius 1 is 0.321 bits per heavy atom. The van der Waals surface area contributed by atoms with Crippen molar-refractivity contribution in [2.75, 3.05) is 0 Å². The Hall–Kier alpha value is -0.875. The first-order valence-electron chi connectivity index (χ1n) is 18.1. The van der Waals surface area contributed by atoms with Gasteiger partial charge >= 0.3 is 201 Å². The Kier molecular flexibility index (Phi) is 30.4. The second kappa shape index (κ2) is 28.5. The van der Waals surface area contributed by atoms with Gasteiger partial charge in [0.15, 0.2) is 0 Å². The molecule has 6 rings (SSSR count). The number of benzene rings is 4. The van der Waals surface area contributed by atoms with Crippen molar-refractivity contribution in [3.8, 4) is 0 Å². The van der Waals surface area contributed by atoms with Crippen molar-refractivity contribution in [2.45, 2.75) is 69.2 Å². The van der Waals surface area contributed by atoms with Crippen LogP contribution in [0.15, 0.2) is 121 Å². The third-order valence-electron chi connectivity index (χ3n) is 12.9. The van der Waals surface area contributed by atoms with E-state index in [1.54, 1.807) is 0 Å². The summed E-state index contributed by atoms with van der Waals surface area (Å²) >= 11 is -2.77. The van der Waals surface area contributed by atoms with Gasteiger partial charge in [-0.15, -0.1) is 0 Å². The molecular weight excluding hydrogens is 918 g/mol. The van der Waals surface area contributed by atoms with Crippen molar-refractivity contribution in [1.29, 1.82) is 0 Å². The summed E-state index contributed by atoms with van der Waals surface area (Å²) in [5.41, 5.74) is 0. The van der Waals surface area contributed by atoms with Gasteiger partial charge < -0.3 is 27.0 Å². The molecule has 0 aromatic heterocycles. The number of rotatable bonds is 4. The third kappa shape index (κ3) is 13.6. The van der Waals surface area contributed by atoms with Gasteiger partial charge in [-0.2, -0.15) is 0 Å². The molecule has 1 radical (unpaired) electrons. The molecule has 0 bridgehead atoms. The average Bonchev–Trinajstić information content (AvgIpc) is 3.45. The Labute approximate surface area is 372 Å². The summed E-state index contributed by atoms with van der Waals surface area (Å²) in [6, 6.07) is 44.2. The maximum absolute atomic E-state index is 7.50. The van der Waals surface area contributed by atoms with Gasteiger partial charge in [-0.05, 0) is 59.2 Å². The van der Waals surface area contributed by atoms with Crippen molar-refractivity contribution >= 4 is 57.9 Å². The summed E-state index contributed by atoms with van der Waals surface area (Å²) in [6.07, 6.45) is 0. The zero-order chi connectivity index (χ0) is 36.7. The van der Waals surface area contributed by atoms with E-state index in [2.05, 4.69) is 204 Å². The predicted octanol–water partition coefficient (Wildman–Crippen LogP) is 8.80. The number of hydrogen-bond acceptors (Lipinski definition) is 2. The molecule has 53 heavy (non-hydrogen) atoms. The van der Waals surface area contributed by atoms with Crippen molar-refractivity contribution in [3.63, 3.8) is 0 Å². The summed E-state index contributed by atoms with van der Waals surface area (Å²) in [6.45, 7) is 33.0. The van der Waals surface area contributed by atoms with Crippen LogP contribution in [0.1, 0.15) is 69.2 Å². The molecule has 0 spiro atoms. The molecule has 287 valence electrons. The fourth-order valence-corrected chi connectivity index (χ4v) is 17.2. The predicted molar refractivity (Wildman–Crippen MR) is 227 cm³/mol. The summed E-state index contributed by atoms with van der Waals surface area (Å²) in [5.74, 6) is 9.35. The first-order valence-corrected chi connectivity index (χ1v) is 21.8. The van der Waals surface area contributed by atoms with Crippen LogP contribution in [0.25, 0.3) is 0 Å². The molecule has 0 atom stereocenters. The average molecular weight is 980 g/mol. The zero-order valence-corrected chi connectivity index (χ0v) is 41.1. The van der Waals surface area contributed by atoms with Crippen molar-refractivity contribution in [1.82, 2.24) is 0 Å². The summed E-state index contributed by atoms with van der Waals surface area (Å²) in [4.78, 5) is 0. The van der Waals surface area contributed by atoms with Crippen LogP contribution in [0.3, 0.4) is 0 Å². The molecule has 4 aromatic carbocycles. The van der Waals surface area contributed by atoms with Gasteiger partial charge in [-0.3, -0.25) is 0 Å². The fourth-order valence-electron chi connectivity index (χ4n) is 8.29. The van der Waals surface area contributed by atoms with Crippen molar-refractivity contribution < 1.29 is 55.0 Å². The molecule has 0 saturated heterocycles. The SMILES string of the molecule is CC1C(C)C(C)C(C)C1C.CC1C(C)C(C)C(C)C1C.[C-]#[O+].[C-]#[O+].[Rh].[SH-].[SH-].[Zr+2].c1ccc([As+](c2ccccc2)(c2ccccc2)c2ccccc2)cc1. The van der Waals surface area contributed by atoms with Crippen LogP contribution in [-0.4, -0.2) is 13.6 Å². The molecule has 2 aliphatic rings. The molecule has 0 unspecified atom stereocenters. The second-order valence-electron chi connectivity index (χ2n) is 14.6. The monoisotopic (exact) mass is 978 g/mol. The van der Waals surface area contributed by atoms with Crippen LogP contribution >= 0.6 is 0 Å². The summed E-state index contributed by atoms with van der Waals surface area (Å²) < 4.78 is 20.8. The Balaban J connectivity index is -0.000000752. The van der Waals surface area contributed by atoms with E-state index in [1.165, 1.54) is 17.4 Å². The Bertz CT molecular complexity index is 1240. The van der Waals surface area contributed by atoms with Crippen LogP contribution in [0.2, 0.25) is 0 Å². The molecular formula is C46H62AsO2RhS2Zr+. The molecule has 0 heterocycles. The molecule has 7 heteroatoms. The van der Waals surface area contributed by atoms with Gasteiger partial charge in [0.2, 0.25) is 0 Å². The van der Waals surface area contributed by atoms with Gasteiger partial charge in [0.05, 0.1) is 0 Å². The number of thiol groups is 2. The Morgan fingerprint density at radius 2 is 0.434 bits per heavy atom. The van der Waals surface area contributed by atoms with Crippen LogP contribution < -0.4 is 17.4 Å². The van der Waals surface area contributed by atoms with Gasteiger partial charge in [0, 0.05) is 19.5 Å². The minimum absolute atomic E-state index is 0. The van der Waals surface area contributed by atoms with Gasteiger partial charge in [-0.1, -0.05) is 69.2 Å². The minimum atomic E-state index is -2.77. The summed E-state index contributed by atoms with van der Waals surface area (Å²) in [5, 5.41) is 0. The molecule has 2 aliphatic carbocycles. The van der Waals surface area contributed by atoms with Crippen molar-refractivity contribution in [2.24, 2.45) is 59.2 Å². The topological polar surface area (TPSA) is 39.8 Å². The maximum atomic E-state index is 7.50. The van der Waals surface area contributed by atoms with E-state index in [-0.39, 0.29) is 72.7 Å². The van der Waals surface area contributed by atoms with Gasteiger partial charge in [0.1, 0.15) is 0 Å². The van der Waals surface area contributed by atoms with Crippen LogP contribution in [0, 0.1) is 72.5 Å². The van der Waals surface area contributed by atoms with Gasteiger partial charge in [0.25, 0.3) is 0 Å². The first-order chi connectivity index (χ1) is 23.5. The fraction of sp³-hybridized carbons (Fsp3) is 0.435. The van der Waals surface area contributed by atoms with Crippen LogP contribution in [0.5, 0.6) is 0 Å². The molecule has 2 fully saturated rings. The van der Waals surface area contributed by atoms with E-state index in [1.807, 2.05) is 0 Å². The Morgan fingerprint density at radius 3 is 0.547 bits per heavy atom. The standard InChI is InChI=1S/C24H20As.2C10H20.2CO.Rh.2H2S.Zr/c1-5-13-21(14-6-1)25(22-15-7-2-8-16-22,23-17-9-3-10-18-23)24-19-11-4-12-20-24;2*1-6-7(2)9(4)10(5)8(6)3;2*1-2;;;;/h1-20H;2*6-10H,1-5H3;;;;2*1H2;/q+1;;;;;;;;+2/p-2. The van der Waals surface area contributed by atoms with E-state index < -0.39 is 13.6 Å². The molecule has 4 aromatic rings. The van der Waals surface area contributed by atoms with Crippen molar-refractivity contribution in [3.05, 3.63) is 135 Å². The summed E-state index contributed by atoms with van der Waals surface area (Å²) in [7, 11) is 0. The van der Waals surface area contributed by atoms with Gasteiger partial charge in [-0.25, -0.2) is 0 Å². The number of hydrogen-bond donors (Lipinski definition) is 0. The first kappa shape index (κ1) is 56.5. The van der Waals surface area contributed by atoms with E-state index in [9.17, 15) is 0 Å². The second-order valence-corrected chi connectivity index (χ2v) is 21.8. The van der Waals surface area contributed by atoms with Crippen LogP contribution in [-0.2, 0) is 82.0 Å². The van der Waals surface area contributed by atoms with E-state index in [0.717, 1.165) is 59.2 Å². The normalized spacial score (nSPS) is 26.3. The molecule has 2 nitrogen and oxygen atoms in total. The molecule has 0 N–H and O–H groups in total. The zero-order valence-electron chi connectivity index (χ0n) is 33.3. The van der Waals surface area contributed by atoms with E-state index in [4.69, 9.17) is 9.30 Å². The molecule has 0 amide bonds. The van der Waals surface area contributed by atoms with E-state index in [0.29, 0.717) is 0 Å².